The van der Waals surface area contributed by atoms with Crippen LogP contribution in [0.15, 0.2) is 0 Å². The van der Waals surface area contributed by atoms with Gasteiger partial charge in [0.25, 0.3) is 0 Å². The maximum absolute atomic E-state index is 4.76. The van der Waals surface area contributed by atoms with Gasteiger partial charge in [-0.2, -0.15) is 0 Å². The second kappa shape index (κ2) is 5.21. The van der Waals surface area contributed by atoms with Crippen LogP contribution in [0, 0.1) is 6.92 Å². The summed E-state index contributed by atoms with van der Waals surface area (Å²) in [6.45, 7) is 9.72. The van der Waals surface area contributed by atoms with Crippen LogP contribution in [-0.4, -0.2) is 15.6 Å². The summed E-state index contributed by atoms with van der Waals surface area (Å²) in [6.07, 6.45) is 5.06. The Morgan fingerprint density at radius 1 is 1.47 bits per heavy atom. The molecule has 1 unspecified atom stereocenters. The first-order valence-corrected chi connectivity index (χ1v) is 6.93. The van der Waals surface area contributed by atoms with Crippen LogP contribution in [0.3, 0.4) is 0 Å². The van der Waals surface area contributed by atoms with Gasteiger partial charge in [0.15, 0.2) is 0 Å². The molecule has 1 atom stereocenters. The van der Waals surface area contributed by atoms with Crippen molar-refractivity contribution in [2.24, 2.45) is 0 Å². The Bertz CT molecular complexity index is 379. The predicted octanol–water partition coefficient (Wildman–Crippen LogP) is 2.98. The number of hydrogen-bond donors (Lipinski definition) is 1. The Hall–Kier alpha value is -0.830. The summed E-state index contributed by atoms with van der Waals surface area (Å²) >= 11 is 0. The van der Waals surface area contributed by atoms with Crippen molar-refractivity contribution in [1.82, 2.24) is 14.9 Å². The minimum Gasteiger partial charge on any atom is -0.329 e. The van der Waals surface area contributed by atoms with Gasteiger partial charge in [0.1, 0.15) is 5.82 Å². The number of aromatic nitrogens is 2. The second-order valence-electron chi connectivity index (χ2n) is 5.41. The quantitative estimate of drug-likeness (QED) is 0.869. The summed E-state index contributed by atoms with van der Waals surface area (Å²) < 4.78 is 2.49. The minimum absolute atomic E-state index is 0.526. The molecule has 0 saturated carbocycles. The molecule has 0 radical (unpaired) electrons. The fourth-order valence-corrected chi connectivity index (χ4v) is 2.86. The van der Waals surface area contributed by atoms with Crippen molar-refractivity contribution in [2.45, 2.75) is 72.0 Å². The molecule has 1 N–H and O–H groups in total. The Labute approximate surface area is 105 Å². The van der Waals surface area contributed by atoms with Crippen LogP contribution in [0.1, 0.15) is 63.3 Å². The zero-order valence-electron chi connectivity index (χ0n) is 11.6. The molecule has 17 heavy (non-hydrogen) atoms. The summed E-state index contributed by atoms with van der Waals surface area (Å²) in [4.78, 5) is 4.76. The lowest BCUT2D eigenvalue weighted by Gasteiger charge is -2.26. The van der Waals surface area contributed by atoms with E-state index in [1.165, 1.54) is 42.9 Å². The van der Waals surface area contributed by atoms with Gasteiger partial charge < -0.3 is 9.88 Å². The highest BCUT2D eigenvalue weighted by Gasteiger charge is 2.23. The molecule has 0 aliphatic carbocycles. The standard InChI is InChI=1S/C14H25N3/c1-5-12-7-6-8-14-13(9-15-10(2)3)16-11(4)17(12)14/h10,12,15H,5-9H2,1-4H3. The molecule has 0 spiro atoms. The normalized spacial score (nSPS) is 19.7. The van der Waals surface area contributed by atoms with E-state index in [-0.39, 0.29) is 0 Å². The van der Waals surface area contributed by atoms with Gasteiger partial charge in [-0.25, -0.2) is 4.98 Å². The molecule has 1 aromatic heterocycles. The highest BCUT2D eigenvalue weighted by atomic mass is 15.1. The van der Waals surface area contributed by atoms with E-state index >= 15 is 0 Å². The van der Waals surface area contributed by atoms with Gasteiger partial charge in [0, 0.05) is 24.3 Å². The molecule has 0 saturated heterocycles. The lowest BCUT2D eigenvalue weighted by atomic mass is 9.99. The monoisotopic (exact) mass is 235 g/mol. The highest BCUT2D eigenvalue weighted by Crippen LogP contribution is 2.30. The summed E-state index contributed by atoms with van der Waals surface area (Å²) in [5.74, 6) is 1.20. The molecule has 2 heterocycles. The van der Waals surface area contributed by atoms with Crippen LogP contribution in [0.4, 0.5) is 0 Å². The van der Waals surface area contributed by atoms with E-state index in [1.54, 1.807) is 0 Å². The average Bonchev–Trinajstić information content (AvgIpc) is 2.64. The fourth-order valence-electron chi connectivity index (χ4n) is 2.86. The zero-order valence-corrected chi connectivity index (χ0v) is 11.6. The predicted molar refractivity (Wildman–Crippen MR) is 71.2 cm³/mol. The van der Waals surface area contributed by atoms with Crippen LogP contribution in [-0.2, 0) is 13.0 Å². The smallest absolute Gasteiger partial charge is 0.106 e. The van der Waals surface area contributed by atoms with Crippen molar-refractivity contribution in [3.05, 3.63) is 17.2 Å². The number of rotatable bonds is 4. The van der Waals surface area contributed by atoms with Crippen LogP contribution in [0.25, 0.3) is 0 Å². The fraction of sp³-hybridized carbons (Fsp3) is 0.786. The summed E-state index contributed by atoms with van der Waals surface area (Å²) in [6, 6.07) is 1.21. The number of imidazole rings is 1. The Morgan fingerprint density at radius 3 is 2.88 bits per heavy atom. The molecule has 0 amide bonds. The average molecular weight is 235 g/mol. The molecule has 0 aromatic carbocycles. The zero-order chi connectivity index (χ0) is 12.4. The molecule has 0 bridgehead atoms. The third-order valence-electron chi connectivity index (χ3n) is 3.73. The van der Waals surface area contributed by atoms with Crippen LogP contribution in [0.5, 0.6) is 0 Å². The lowest BCUT2D eigenvalue weighted by Crippen LogP contribution is -2.24. The van der Waals surface area contributed by atoms with Crippen molar-refractivity contribution in [3.8, 4) is 0 Å². The Balaban J connectivity index is 2.24. The first kappa shape index (κ1) is 12.6. The molecule has 3 nitrogen and oxygen atoms in total. The summed E-state index contributed by atoms with van der Waals surface area (Å²) in [5.41, 5.74) is 2.75. The van der Waals surface area contributed by atoms with E-state index in [9.17, 15) is 0 Å². The first-order chi connectivity index (χ1) is 8.13. The van der Waals surface area contributed by atoms with Gasteiger partial charge in [-0.1, -0.05) is 20.8 Å². The highest BCUT2D eigenvalue weighted by molar-refractivity contribution is 5.20. The van der Waals surface area contributed by atoms with Crippen molar-refractivity contribution in [3.63, 3.8) is 0 Å². The van der Waals surface area contributed by atoms with Crippen LogP contribution in [0.2, 0.25) is 0 Å². The minimum atomic E-state index is 0.526. The van der Waals surface area contributed by atoms with Gasteiger partial charge in [-0.15, -0.1) is 0 Å². The third-order valence-corrected chi connectivity index (χ3v) is 3.73. The number of nitrogens with one attached hydrogen (secondary N) is 1. The van der Waals surface area contributed by atoms with E-state index < -0.39 is 0 Å². The topological polar surface area (TPSA) is 29.9 Å². The second-order valence-corrected chi connectivity index (χ2v) is 5.41. The summed E-state index contributed by atoms with van der Waals surface area (Å²) in [7, 11) is 0. The number of hydrogen-bond acceptors (Lipinski definition) is 2. The number of nitrogens with zero attached hydrogens (tertiary/aromatic N) is 2. The third kappa shape index (κ3) is 2.54. The maximum atomic E-state index is 4.76. The molecular weight excluding hydrogens is 210 g/mol. The molecule has 2 rings (SSSR count). The van der Waals surface area contributed by atoms with Crippen molar-refractivity contribution >= 4 is 0 Å². The SMILES string of the molecule is CCC1CCCc2c(CNC(C)C)nc(C)n21. The first-order valence-electron chi connectivity index (χ1n) is 6.93. The maximum Gasteiger partial charge on any atom is 0.106 e. The van der Waals surface area contributed by atoms with Crippen LogP contribution >= 0.6 is 0 Å². The van der Waals surface area contributed by atoms with Gasteiger partial charge in [0.2, 0.25) is 0 Å². The molecule has 1 aliphatic heterocycles. The largest absolute Gasteiger partial charge is 0.329 e. The van der Waals surface area contributed by atoms with Gasteiger partial charge in [-0.05, 0) is 32.6 Å². The molecule has 96 valence electrons. The molecule has 1 aliphatic rings. The van der Waals surface area contributed by atoms with E-state index in [0.717, 1.165) is 6.54 Å². The number of aryl methyl sites for hydroxylation is 1. The van der Waals surface area contributed by atoms with E-state index in [2.05, 4.69) is 37.6 Å². The van der Waals surface area contributed by atoms with Crippen molar-refractivity contribution in [2.75, 3.05) is 0 Å². The van der Waals surface area contributed by atoms with Gasteiger partial charge in [0.05, 0.1) is 5.69 Å². The molecule has 0 fully saturated rings. The van der Waals surface area contributed by atoms with Crippen LogP contribution < -0.4 is 5.32 Å². The Morgan fingerprint density at radius 2 is 2.24 bits per heavy atom. The molecular formula is C14H25N3. The lowest BCUT2D eigenvalue weighted by molar-refractivity contribution is 0.383. The van der Waals surface area contributed by atoms with Crippen molar-refractivity contribution in [1.29, 1.82) is 0 Å². The van der Waals surface area contributed by atoms with Crippen molar-refractivity contribution < 1.29 is 0 Å². The molecule has 3 heteroatoms. The summed E-state index contributed by atoms with van der Waals surface area (Å²) in [5, 5.41) is 3.48. The van der Waals surface area contributed by atoms with Gasteiger partial charge >= 0.3 is 0 Å². The van der Waals surface area contributed by atoms with Gasteiger partial charge in [-0.3, -0.25) is 0 Å². The van der Waals surface area contributed by atoms with E-state index in [1.807, 2.05) is 0 Å². The van der Waals surface area contributed by atoms with E-state index in [0.29, 0.717) is 12.1 Å². The number of fused-ring (bicyclic) bond motifs is 1. The van der Waals surface area contributed by atoms with E-state index in [4.69, 9.17) is 4.98 Å². The molecule has 1 aromatic rings. The Kier molecular flexibility index (Phi) is 3.87.